The first kappa shape index (κ1) is 14.1. The molecule has 2 heterocycles. The lowest BCUT2D eigenvalue weighted by molar-refractivity contribution is 0.0217. The molecule has 2 N–H and O–H groups in total. The summed E-state index contributed by atoms with van der Waals surface area (Å²) in [7, 11) is 0. The number of nitrogens with zero attached hydrogens (tertiary/aromatic N) is 3. The second kappa shape index (κ2) is 6.23. The molecule has 0 radical (unpaired) electrons. The van der Waals surface area contributed by atoms with Gasteiger partial charge in [-0.15, -0.1) is 11.3 Å². The fraction of sp³-hybridized carbons (Fsp3) is 0.583. The normalized spacial score (nSPS) is 13.1. The monoisotopic (exact) mass is 282 g/mol. The molecule has 6 nitrogen and oxygen atoms in total. The van der Waals surface area contributed by atoms with Crippen LogP contribution in [0.4, 0.5) is 0 Å². The highest BCUT2D eigenvalue weighted by atomic mass is 32.1. The molecule has 2 aromatic heterocycles. The molecule has 2 aromatic rings. The van der Waals surface area contributed by atoms with Crippen LogP contribution in [0.1, 0.15) is 37.7 Å². The smallest absolute Gasteiger partial charge is 0.277 e. The Kier molecular flexibility index (Phi) is 4.62. The van der Waals surface area contributed by atoms with Gasteiger partial charge in [0, 0.05) is 18.5 Å². The van der Waals surface area contributed by atoms with Gasteiger partial charge in [-0.2, -0.15) is 4.98 Å². The van der Waals surface area contributed by atoms with Crippen molar-refractivity contribution in [1.82, 2.24) is 15.1 Å². The number of hydrogen-bond acceptors (Lipinski definition) is 7. The van der Waals surface area contributed by atoms with Crippen molar-refractivity contribution in [1.29, 1.82) is 0 Å². The van der Waals surface area contributed by atoms with Crippen molar-refractivity contribution in [3.05, 3.63) is 16.2 Å². The van der Waals surface area contributed by atoms with Crippen molar-refractivity contribution in [3.63, 3.8) is 0 Å². The molecule has 0 aliphatic heterocycles. The fourth-order valence-electron chi connectivity index (χ4n) is 1.70. The fourth-order valence-corrected chi connectivity index (χ4v) is 2.35. The van der Waals surface area contributed by atoms with Crippen LogP contribution in [0.3, 0.4) is 0 Å². The molecule has 0 aliphatic carbocycles. The van der Waals surface area contributed by atoms with Gasteiger partial charge in [0.25, 0.3) is 5.89 Å². The maximum atomic E-state index is 5.64. The summed E-state index contributed by atoms with van der Waals surface area (Å²) < 4.78 is 10.9. The van der Waals surface area contributed by atoms with Gasteiger partial charge in [-0.1, -0.05) is 19.0 Å². The molecule has 0 amide bonds. The van der Waals surface area contributed by atoms with Gasteiger partial charge in [0.2, 0.25) is 5.82 Å². The predicted octanol–water partition coefficient (Wildman–Crippen LogP) is 2.39. The van der Waals surface area contributed by atoms with Crippen molar-refractivity contribution in [3.8, 4) is 11.6 Å². The van der Waals surface area contributed by atoms with Crippen LogP contribution in [-0.2, 0) is 11.3 Å². The van der Waals surface area contributed by atoms with Crippen LogP contribution >= 0.6 is 11.3 Å². The molecule has 19 heavy (non-hydrogen) atoms. The van der Waals surface area contributed by atoms with Crippen molar-refractivity contribution >= 4 is 11.3 Å². The van der Waals surface area contributed by atoms with Gasteiger partial charge >= 0.3 is 0 Å². The van der Waals surface area contributed by atoms with Crippen molar-refractivity contribution in [2.75, 3.05) is 6.61 Å². The summed E-state index contributed by atoms with van der Waals surface area (Å²) in [4.78, 5) is 8.69. The lowest BCUT2D eigenvalue weighted by Crippen LogP contribution is -2.12. The minimum atomic E-state index is -0.157. The van der Waals surface area contributed by atoms with Crippen LogP contribution in [0.15, 0.2) is 9.90 Å². The zero-order valence-corrected chi connectivity index (χ0v) is 12.1. The average molecular weight is 282 g/mol. The summed E-state index contributed by atoms with van der Waals surface area (Å²) >= 11 is 1.48. The Labute approximate surface area is 116 Å². The van der Waals surface area contributed by atoms with Crippen molar-refractivity contribution < 1.29 is 9.26 Å². The number of thiazole rings is 1. The van der Waals surface area contributed by atoms with Crippen LogP contribution in [-0.4, -0.2) is 21.7 Å². The molecule has 0 saturated heterocycles. The first-order valence-corrected chi connectivity index (χ1v) is 7.13. The largest absolute Gasteiger partial charge is 0.370 e. The molecule has 0 bridgehead atoms. The van der Waals surface area contributed by atoms with Crippen LogP contribution < -0.4 is 5.73 Å². The van der Waals surface area contributed by atoms with E-state index in [4.69, 9.17) is 15.0 Å². The number of hydrogen-bond donors (Lipinski definition) is 1. The zero-order valence-electron chi connectivity index (χ0n) is 11.3. The van der Waals surface area contributed by atoms with E-state index < -0.39 is 0 Å². The minimum Gasteiger partial charge on any atom is -0.370 e. The minimum absolute atomic E-state index is 0.157. The Morgan fingerprint density at radius 2 is 2.21 bits per heavy atom. The van der Waals surface area contributed by atoms with Crippen LogP contribution in [0.25, 0.3) is 11.6 Å². The number of rotatable bonds is 6. The molecular weight excluding hydrogens is 264 g/mol. The van der Waals surface area contributed by atoms with Crippen LogP contribution in [0.5, 0.6) is 0 Å². The van der Waals surface area contributed by atoms with Gasteiger partial charge in [0.1, 0.15) is 16.8 Å². The van der Waals surface area contributed by atoms with E-state index in [1.54, 1.807) is 0 Å². The second-order valence-electron chi connectivity index (χ2n) is 4.41. The first-order chi connectivity index (χ1) is 9.15. The molecule has 1 unspecified atom stereocenters. The predicted molar refractivity (Wildman–Crippen MR) is 72.5 cm³/mol. The molecule has 1 atom stereocenters. The van der Waals surface area contributed by atoms with Gasteiger partial charge in [-0.05, 0) is 12.8 Å². The lowest BCUT2D eigenvalue weighted by atomic mass is 10.1. The Morgan fingerprint density at radius 3 is 2.79 bits per heavy atom. The van der Waals surface area contributed by atoms with Crippen LogP contribution in [0.2, 0.25) is 0 Å². The first-order valence-electron chi connectivity index (χ1n) is 6.25. The quantitative estimate of drug-likeness (QED) is 0.875. The Morgan fingerprint density at radius 1 is 1.42 bits per heavy atom. The Hall–Kier alpha value is -1.31. The Bertz CT molecular complexity index is 523. The highest BCUT2D eigenvalue weighted by Crippen LogP contribution is 2.26. The zero-order chi connectivity index (χ0) is 13.8. The summed E-state index contributed by atoms with van der Waals surface area (Å²) in [6, 6.07) is 0. The lowest BCUT2D eigenvalue weighted by Gasteiger charge is -2.16. The molecular formula is C12H18N4O2S. The van der Waals surface area contributed by atoms with E-state index >= 15 is 0 Å². The highest BCUT2D eigenvalue weighted by molar-refractivity contribution is 7.09. The van der Waals surface area contributed by atoms with E-state index in [0.29, 0.717) is 30.6 Å². The molecule has 104 valence electrons. The summed E-state index contributed by atoms with van der Waals surface area (Å²) in [6.45, 7) is 7.10. The second-order valence-corrected chi connectivity index (χ2v) is 5.35. The Balaban J connectivity index is 2.22. The van der Waals surface area contributed by atoms with Gasteiger partial charge in [0.05, 0.1) is 0 Å². The third-order valence-electron chi connectivity index (χ3n) is 2.59. The van der Waals surface area contributed by atoms with Gasteiger partial charge < -0.3 is 15.0 Å². The SMILES string of the molecule is CCOC(c1noc(-c2csc(CN)n2)n1)C(C)C. The molecule has 2 rings (SSSR count). The summed E-state index contributed by atoms with van der Waals surface area (Å²) in [5.74, 6) is 1.26. The maximum Gasteiger partial charge on any atom is 0.277 e. The number of aromatic nitrogens is 3. The van der Waals surface area contributed by atoms with E-state index in [2.05, 4.69) is 29.0 Å². The van der Waals surface area contributed by atoms with E-state index in [0.717, 1.165) is 5.01 Å². The van der Waals surface area contributed by atoms with E-state index in [1.165, 1.54) is 11.3 Å². The number of nitrogens with two attached hydrogens (primary N) is 1. The van der Waals surface area contributed by atoms with Gasteiger partial charge in [-0.3, -0.25) is 0 Å². The van der Waals surface area contributed by atoms with E-state index in [9.17, 15) is 0 Å². The van der Waals surface area contributed by atoms with Crippen LogP contribution in [0, 0.1) is 5.92 Å². The third kappa shape index (κ3) is 3.17. The third-order valence-corrected chi connectivity index (χ3v) is 3.46. The van der Waals surface area contributed by atoms with Crippen molar-refractivity contribution in [2.45, 2.75) is 33.4 Å². The maximum absolute atomic E-state index is 5.64. The molecule has 0 spiro atoms. The standard InChI is InChI=1S/C12H18N4O2S/c1-4-17-10(7(2)3)11-15-12(18-16-11)8-6-19-9(5-13)14-8/h6-7,10H,4-5,13H2,1-3H3. The molecule has 0 fully saturated rings. The summed E-state index contributed by atoms with van der Waals surface area (Å²) in [5, 5.41) is 6.70. The summed E-state index contributed by atoms with van der Waals surface area (Å²) in [5.41, 5.74) is 6.20. The highest BCUT2D eigenvalue weighted by Gasteiger charge is 2.23. The molecule has 0 aromatic carbocycles. The van der Waals surface area contributed by atoms with Gasteiger partial charge in [0.15, 0.2) is 0 Å². The molecule has 7 heteroatoms. The summed E-state index contributed by atoms with van der Waals surface area (Å²) in [6.07, 6.45) is -0.157. The van der Waals surface area contributed by atoms with Gasteiger partial charge in [-0.25, -0.2) is 4.98 Å². The molecule has 0 aliphatic rings. The topological polar surface area (TPSA) is 87.1 Å². The van der Waals surface area contributed by atoms with E-state index in [-0.39, 0.29) is 12.0 Å². The molecule has 0 saturated carbocycles. The van der Waals surface area contributed by atoms with E-state index in [1.807, 2.05) is 12.3 Å². The number of ether oxygens (including phenoxy) is 1. The van der Waals surface area contributed by atoms with Crippen molar-refractivity contribution in [2.24, 2.45) is 11.7 Å². The average Bonchev–Trinajstić information content (AvgIpc) is 3.03.